The molecule has 3 aromatic carbocycles. The van der Waals surface area contributed by atoms with Crippen LogP contribution in [0, 0.1) is 20.8 Å². The molecule has 0 saturated heterocycles. The van der Waals surface area contributed by atoms with Gasteiger partial charge in [-0.25, -0.2) is 8.42 Å². The highest BCUT2D eigenvalue weighted by molar-refractivity contribution is 7.92. The van der Waals surface area contributed by atoms with Crippen molar-refractivity contribution in [1.29, 1.82) is 0 Å². The van der Waals surface area contributed by atoms with E-state index in [0.717, 1.165) is 16.7 Å². The molecule has 5 nitrogen and oxygen atoms in total. The summed E-state index contributed by atoms with van der Waals surface area (Å²) in [5, 5.41) is 2.84. The fourth-order valence-corrected chi connectivity index (χ4v) is 4.34. The summed E-state index contributed by atoms with van der Waals surface area (Å²) in [4.78, 5) is 12.7. The number of hydrogen-bond acceptors (Lipinski definition) is 3. The van der Waals surface area contributed by atoms with E-state index in [2.05, 4.69) is 5.32 Å². The first-order chi connectivity index (χ1) is 13.7. The van der Waals surface area contributed by atoms with Crippen molar-refractivity contribution >= 4 is 27.3 Å². The van der Waals surface area contributed by atoms with Crippen LogP contribution in [-0.4, -0.2) is 21.4 Å². The average Bonchev–Trinajstić information content (AvgIpc) is 2.67. The van der Waals surface area contributed by atoms with E-state index >= 15 is 0 Å². The third-order valence-corrected chi connectivity index (χ3v) is 6.41. The lowest BCUT2D eigenvalue weighted by Gasteiger charge is -2.20. The van der Waals surface area contributed by atoms with E-state index in [0.29, 0.717) is 11.4 Å². The lowest BCUT2D eigenvalue weighted by atomic mass is 10.1. The van der Waals surface area contributed by atoms with Crippen molar-refractivity contribution in [3.8, 4) is 0 Å². The molecule has 0 radical (unpaired) electrons. The summed E-state index contributed by atoms with van der Waals surface area (Å²) in [5.41, 5.74) is 4.64. The number of hydrogen-bond donors (Lipinski definition) is 1. The van der Waals surface area contributed by atoms with Gasteiger partial charge in [-0.2, -0.15) is 0 Å². The first-order valence-electron chi connectivity index (χ1n) is 9.22. The SMILES string of the molecule is Cc1ccc(N(C)S(=O)(=O)c2cccc(C(=O)Nc3cc(C)cc(C)c3)c2)cc1. The van der Waals surface area contributed by atoms with Gasteiger partial charge in [-0.05, 0) is 74.4 Å². The van der Waals surface area contributed by atoms with Gasteiger partial charge in [0.15, 0.2) is 0 Å². The average molecular weight is 409 g/mol. The Balaban J connectivity index is 1.87. The maximum atomic E-state index is 13.0. The minimum atomic E-state index is -3.79. The molecule has 0 heterocycles. The molecule has 0 aliphatic rings. The van der Waals surface area contributed by atoms with E-state index in [4.69, 9.17) is 0 Å². The zero-order valence-electron chi connectivity index (χ0n) is 16.9. The standard InChI is InChI=1S/C23H24N2O3S/c1-16-8-10-21(11-9-16)25(4)29(27,28)22-7-5-6-19(15-22)23(26)24-20-13-17(2)12-18(3)14-20/h5-15H,1-4H3,(H,24,26). The van der Waals surface area contributed by atoms with Crippen molar-refractivity contribution in [3.63, 3.8) is 0 Å². The fourth-order valence-electron chi connectivity index (χ4n) is 3.10. The van der Waals surface area contributed by atoms with Crippen molar-refractivity contribution < 1.29 is 13.2 Å². The fraction of sp³-hybridized carbons (Fsp3) is 0.174. The number of rotatable bonds is 5. The molecular formula is C23H24N2O3S. The molecule has 1 N–H and O–H groups in total. The molecule has 0 aliphatic carbocycles. The van der Waals surface area contributed by atoms with Crippen LogP contribution in [0.15, 0.2) is 71.6 Å². The molecule has 0 aromatic heterocycles. The molecular weight excluding hydrogens is 384 g/mol. The van der Waals surface area contributed by atoms with Gasteiger partial charge in [0.25, 0.3) is 15.9 Å². The Kier molecular flexibility index (Phi) is 5.75. The van der Waals surface area contributed by atoms with Gasteiger partial charge < -0.3 is 5.32 Å². The molecule has 0 unspecified atom stereocenters. The molecule has 0 atom stereocenters. The molecule has 29 heavy (non-hydrogen) atoms. The van der Waals surface area contributed by atoms with E-state index in [-0.39, 0.29) is 16.4 Å². The summed E-state index contributed by atoms with van der Waals surface area (Å²) in [6.45, 7) is 5.85. The summed E-state index contributed by atoms with van der Waals surface area (Å²) in [5.74, 6) is -0.356. The number of amides is 1. The number of nitrogens with zero attached hydrogens (tertiary/aromatic N) is 1. The number of carbonyl (C=O) groups excluding carboxylic acids is 1. The van der Waals surface area contributed by atoms with Crippen LogP contribution < -0.4 is 9.62 Å². The first kappa shape index (κ1) is 20.6. The maximum absolute atomic E-state index is 13.0. The molecule has 0 spiro atoms. The van der Waals surface area contributed by atoms with Gasteiger partial charge in [-0.3, -0.25) is 9.10 Å². The third kappa shape index (κ3) is 4.66. The Morgan fingerprint density at radius 2 is 1.45 bits per heavy atom. The Morgan fingerprint density at radius 1 is 0.828 bits per heavy atom. The van der Waals surface area contributed by atoms with E-state index < -0.39 is 10.0 Å². The van der Waals surface area contributed by atoms with Gasteiger partial charge >= 0.3 is 0 Å². The molecule has 1 amide bonds. The number of nitrogens with one attached hydrogen (secondary N) is 1. The number of anilines is 2. The number of aryl methyl sites for hydroxylation is 3. The Bertz CT molecular complexity index is 1130. The summed E-state index contributed by atoms with van der Waals surface area (Å²) >= 11 is 0. The second kappa shape index (κ2) is 8.09. The monoisotopic (exact) mass is 408 g/mol. The molecule has 150 valence electrons. The largest absolute Gasteiger partial charge is 0.322 e. The van der Waals surface area contributed by atoms with Gasteiger partial charge in [-0.15, -0.1) is 0 Å². The Labute approximate surface area is 172 Å². The summed E-state index contributed by atoms with van der Waals surface area (Å²) in [6.07, 6.45) is 0. The number of carbonyl (C=O) groups is 1. The van der Waals surface area contributed by atoms with Crippen LogP contribution in [0.4, 0.5) is 11.4 Å². The van der Waals surface area contributed by atoms with Crippen LogP contribution in [-0.2, 0) is 10.0 Å². The highest BCUT2D eigenvalue weighted by atomic mass is 32.2. The molecule has 0 bridgehead atoms. The molecule has 0 fully saturated rings. The Morgan fingerprint density at radius 3 is 2.07 bits per heavy atom. The molecule has 6 heteroatoms. The van der Waals surface area contributed by atoms with E-state index in [1.807, 2.05) is 51.1 Å². The van der Waals surface area contributed by atoms with Crippen LogP contribution in [0.1, 0.15) is 27.0 Å². The van der Waals surface area contributed by atoms with Crippen LogP contribution >= 0.6 is 0 Å². The van der Waals surface area contributed by atoms with Crippen molar-refractivity contribution in [1.82, 2.24) is 0 Å². The number of sulfonamides is 1. The topological polar surface area (TPSA) is 66.5 Å². The molecule has 3 rings (SSSR count). The lowest BCUT2D eigenvalue weighted by molar-refractivity contribution is 0.102. The lowest BCUT2D eigenvalue weighted by Crippen LogP contribution is -2.26. The second-order valence-corrected chi connectivity index (χ2v) is 9.14. The highest BCUT2D eigenvalue weighted by Crippen LogP contribution is 2.23. The maximum Gasteiger partial charge on any atom is 0.264 e. The summed E-state index contributed by atoms with van der Waals surface area (Å²) in [6, 6.07) is 19.1. The van der Waals surface area contributed by atoms with Gasteiger partial charge in [0.2, 0.25) is 0 Å². The van der Waals surface area contributed by atoms with Crippen LogP contribution in [0.2, 0.25) is 0 Å². The smallest absolute Gasteiger partial charge is 0.264 e. The molecule has 0 aliphatic heterocycles. The van der Waals surface area contributed by atoms with Crippen molar-refractivity contribution in [2.45, 2.75) is 25.7 Å². The third-order valence-electron chi connectivity index (χ3n) is 4.63. The zero-order chi connectivity index (χ0) is 21.2. The number of benzene rings is 3. The minimum Gasteiger partial charge on any atom is -0.322 e. The first-order valence-corrected chi connectivity index (χ1v) is 10.7. The molecule has 0 saturated carbocycles. The van der Waals surface area contributed by atoms with Crippen LogP contribution in [0.25, 0.3) is 0 Å². The Hall–Kier alpha value is -3.12. The van der Waals surface area contributed by atoms with Crippen LogP contribution in [0.5, 0.6) is 0 Å². The van der Waals surface area contributed by atoms with E-state index in [9.17, 15) is 13.2 Å². The van der Waals surface area contributed by atoms with Crippen molar-refractivity contribution in [2.75, 3.05) is 16.7 Å². The summed E-state index contributed by atoms with van der Waals surface area (Å²) < 4.78 is 27.3. The zero-order valence-corrected chi connectivity index (χ0v) is 17.7. The van der Waals surface area contributed by atoms with Gasteiger partial charge in [0.1, 0.15) is 0 Å². The normalized spacial score (nSPS) is 11.2. The van der Waals surface area contributed by atoms with E-state index in [1.165, 1.54) is 23.5 Å². The van der Waals surface area contributed by atoms with Gasteiger partial charge in [0.05, 0.1) is 10.6 Å². The molecule has 3 aromatic rings. The highest BCUT2D eigenvalue weighted by Gasteiger charge is 2.22. The van der Waals surface area contributed by atoms with Crippen LogP contribution in [0.3, 0.4) is 0 Å². The second-order valence-electron chi connectivity index (χ2n) is 7.17. The van der Waals surface area contributed by atoms with E-state index in [1.54, 1.807) is 24.3 Å². The predicted octanol–water partition coefficient (Wildman–Crippen LogP) is 4.69. The minimum absolute atomic E-state index is 0.0636. The predicted molar refractivity (Wildman–Crippen MR) is 117 cm³/mol. The summed E-state index contributed by atoms with van der Waals surface area (Å²) in [7, 11) is -2.29. The van der Waals surface area contributed by atoms with Crippen molar-refractivity contribution in [2.24, 2.45) is 0 Å². The van der Waals surface area contributed by atoms with Gasteiger partial charge in [0, 0.05) is 18.3 Å². The van der Waals surface area contributed by atoms with Gasteiger partial charge in [-0.1, -0.05) is 29.8 Å². The van der Waals surface area contributed by atoms with Crippen molar-refractivity contribution in [3.05, 3.63) is 89.0 Å². The quantitative estimate of drug-likeness (QED) is 0.666.